The predicted octanol–water partition coefficient (Wildman–Crippen LogP) is 0.996. The molecule has 3 heteroatoms. The van der Waals surface area contributed by atoms with E-state index in [1.54, 1.807) is 0 Å². The van der Waals surface area contributed by atoms with Crippen LogP contribution in [-0.2, 0) is 6.42 Å². The Hall–Kier alpha value is -1.35. The van der Waals surface area contributed by atoms with Gasteiger partial charge in [-0.3, -0.25) is 0 Å². The van der Waals surface area contributed by atoms with E-state index >= 15 is 0 Å². The highest BCUT2D eigenvalue weighted by atomic mass is 16.4. The fourth-order valence-corrected chi connectivity index (χ4v) is 1.00. The van der Waals surface area contributed by atoms with Gasteiger partial charge >= 0.3 is 0 Å². The highest BCUT2D eigenvalue weighted by Gasteiger charge is 1.90. The molecule has 0 aliphatic carbocycles. The van der Waals surface area contributed by atoms with Gasteiger partial charge < -0.3 is 10.9 Å². The Bertz CT molecular complexity index is 254. The average molecular weight is 164 g/mol. The molecule has 0 aliphatic rings. The van der Waals surface area contributed by atoms with Crippen molar-refractivity contribution in [2.75, 3.05) is 6.54 Å². The largest absolute Gasteiger partial charge is 0.411 e. The van der Waals surface area contributed by atoms with E-state index in [2.05, 4.69) is 5.16 Å². The van der Waals surface area contributed by atoms with Crippen LogP contribution < -0.4 is 5.73 Å². The van der Waals surface area contributed by atoms with E-state index in [0.29, 0.717) is 6.54 Å². The van der Waals surface area contributed by atoms with Crippen LogP contribution in [0.25, 0.3) is 0 Å². The first kappa shape index (κ1) is 8.74. The van der Waals surface area contributed by atoms with Crippen LogP contribution in [-0.4, -0.2) is 18.0 Å². The zero-order valence-electron chi connectivity index (χ0n) is 6.77. The third kappa shape index (κ3) is 2.36. The van der Waals surface area contributed by atoms with Gasteiger partial charge in [0.25, 0.3) is 0 Å². The fourth-order valence-electron chi connectivity index (χ4n) is 1.00. The van der Waals surface area contributed by atoms with Crippen molar-refractivity contribution >= 4 is 6.21 Å². The Labute approximate surface area is 71.5 Å². The normalized spacial score (nSPS) is 10.8. The Morgan fingerprint density at radius 2 is 2.00 bits per heavy atom. The summed E-state index contributed by atoms with van der Waals surface area (Å²) in [5, 5.41) is 11.2. The van der Waals surface area contributed by atoms with Gasteiger partial charge in [-0.1, -0.05) is 29.4 Å². The number of hydrogen-bond acceptors (Lipinski definition) is 3. The van der Waals surface area contributed by atoms with Crippen molar-refractivity contribution in [2.24, 2.45) is 10.9 Å². The van der Waals surface area contributed by atoms with E-state index in [4.69, 9.17) is 10.9 Å². The first-order chi connectivity index (χ1) is 5.86. The second kappa shape index (κ2) is 4.51. The molecule has 0 aliphatic heterocycles. The van der Waals surface area contributed by atoms with Crippen LogP contribution in [0.2, 0.25) is 0 Å². The van der Waals surface area contributed by atoms with Crippen molar-refractivity contribution in [3.63, 3.8) is 0 Å². The zero-order chi connectivity index (χ0) is 8.81. The van der Waals surface area contributed by atoms with Crippen LogP contribution in [0.3, 0.4) is 0 Å². The van der Waals surface area contributed by atoms with E-state index in [1.165, 1.54) is 11.8 Å². The third-order valence-electron chi connectivity index (χ3n) is 1.62. The fraction of sp³-hybridized carbons (Fsp3) is 0.222. The quantitative estimate of drug-likeness (QED) is 0.397. The lowest BCUT2D eigenvalue weighted by atomic mass is 10.1. The summed E-state index contributed by atoms with van der Waals surface area (Å²) in [5.74, 6) is 0. The van der Waals surface area contributed by atoms with Crippen LogP contribution in [0.1, 0.15) is 11.1 Å². The first-order valence-corrected chi connectivity index (χ1v) is 3.83. The lowest BCUT2D eigenvalue weighted by molar-refractivity contribution is 0.322. The Morgan fingerprint density at radius 3 is 2.50 bits per heavy atom. The zero-order valence-corrected chi connectivity index (χ0v) is 6.77. The van der Waals surface area contributed by atoms with Gasteiger partial charge in [-0.2, -0.15) is 0 Å². The summed E-state index contributed by atoms with van der Waals surface area (Å²) in [5.41, 5.74) is 7.48. The van der Waals surface area contributed by atoms with Crippen LogP contribution in [0.4, 0.5) is 0 Å². The van der Waals surface area contributed by atoms with E-state index < -0.39 is 0 Å². The van der Waals surface area contributed by atoms with Gasteiger partial charge in [-0.05, 0) is 24.1 Å². The molecule has 0 atom stereocenters. The van der Waals surface area contributed by atoms with Crippen molar-refractivity contribution in [1.82, 2.24) is 0 Å². The molecule has 64 valence electrons. The van der Waals surface area contributed by atoms with E-state index in [0.717, 1.165) is 12.0 Å². The summed E-state index contributed by atoms with van der Waals surface area (Å²) in [4.78, 5) is 0. The summed E-state index contributed by atoms with van der Waals surface area (Å²) >= 11 is 0. The minimum absolute atomic E-state index is 0.660. The van der Waals surface area contributed by atoms with Crippen LogP contribution >= 0.6 is 0 Å². The van der Waals surface area contributed by atoms with Gasteiger partial charge in [-0.25, -0.2) is 0 Å². The second-order valence-corrected chi connectivity index (χ2v) is 2.52. The predicted molar refractivity (Wildman–Crippen MR) is 48.6 cm³/mol. The molecule has 0 amide bonds. The molecule has 0 radical (unpaired) electrons. The van der Waals surface area contributed by atoms with Gasteiger partial charge in [0, 0.05) is 0 Å². The molecule has 0 saturated heterocycles. The molecule has 0 unspecified atom stereocenters. The molecule has 1 aromatic carbocycles. The summed E-state index contributed by atoms with van der Waals surface area (Å²) < 4.78 is 0. The van der Waals surface area contributed by atoms with Gasteiger partial charge in [0.1, 0.15) is 0 Å². The number of oxime groups is 1. The topological polar surface area (TPSA) is 58.6 Å². The molecular formula is C9H12N2O. The first-order valence-electron chi connectivity index (χ1n) is 3.83. The van der Waals surface area contributed by atoms with Gasteiger partial charge in [0.2, 0.25) is 0 Å². The van der Waals surface area contributed by atoms with Gasteiger partial charge in [0.05, 0.1) is 6.21 Å². The number of hydrogen-bond donors (Lipinski definition) is 2. The van der Waals surface area contributed by atoms with Crippen molar-refractivity contribution in [3.05, 3.63) is 35.4 Å². The summed E-state index contributed by atoms with van der Waals surface area (Å²) in [6, 6.07) is 7.74. The van der Waals surface area contributed by atoms with E-state index in [-0.39, 0.29) is 0 Å². The molecule has 0 aromatic heterocycles. The Balaban J connectivity index is 2.71. The summed E-state index contributed by atoms with van der Waals surface area (Å²) in [7, 11) is 0. The van der Waals surface area contributed by atoms with Crippen molar-refractivity contribution in [1.29, 1.82) is 0 Å². The molecule has 0 fully saturated rings. The summed E-state index contributed by atoms with van der Waals surface area (Å²) in [6.07, 6.45) is 2.28. The highest BCUT2D eigenvalue weighted by molar-refractivity contribution is 5.78. The second-order valence-electron chi connectivity index (χ2n) is 2.52. The highest BCUT2D eigenvalue weighted by Crippen LogP contribution is 2.02. The van der Waals surface area contributed by atoms with Crippen molar-refractivity contribution < 1.29 is 5.21 Å². The third-order valence-corrected chi connectivity index (χ3v) is 1.62. The molecule has 3 N–H and O–H groups in total. The van der Waals surface area contributed by atoms with Crippen molar-refractivity contribution in [3.8, 4) is 0 Å². The molecule has 3 nitrogen and oxygen atoms in total. The molecule has 0 saturated carbocycles. The molecular weight excluding hydrogens is 152 g/mol. The SMILES string of the molecule is NCCc1ccc(C=NO)cc1. The maximum atomic E-state index is 8.24. The molecule has 1 aromatic rings. The molecule has 0 heterocycles. The maximum Gasteiger partial charge on any atom is 0.0733 e. The standard InChI is InChI=1S/C9H12N2O/c10-6-5-8-1-3-9(4-2-8)7-11-12/h1-4,7,12H,5-6,10H2. The van der Waals surface area contributed by atoms with Gasteiger partial charge in [-0.15, -0.1) is 0 Å². The van der Waals surface area contributed by atoms with E-state index in [9.17, 15) is 0 Å². The van der Waals surface area contributed by atoms with Gasteiger partial charge in [0.15, 0.2) is 0 Å². The minimum atomic E-state index is 0.660. The number of rotatable bonds is 3. The molecule has 0 bridgehead atoms. The van der Waals surface area contributed by atoms with Crippen molar-refractivity contribution in [2.45, 2.75) is 6.42 Å². The lowest BCUT2D eigenvalue weighted by Gasteiger charge is -1.97. The molecule has 12 heavy (non-hydrogen) atoms. The van der Waals surface area contributed by atoms with E-state index in [1.807, 2.05) is 24.3 Å². The number of benzene rings is 1. The molecule has 0 spiro atoms. The lowest BCUT2D eigenvalue weighted by Crippen LogP contribution is -2.02. The molecule has 1 rings (SSSR count). The maximum absolute atomic E-state index is 8.24. The average Bonchev–Trinajstić information content (AvgIpc) is 2.09. The minimum Gasteiger partial charge on any atom is -0.411 e. The number of nitrogens with two attached hydrogens (primary N) is 1. The summed E-state index contributed by atoms with van der Waals surface area (Å²) in [6.45, 7) is 0.660. The van der Waals surface area contributed by atoms with Crippen LogP contribution in [0, 0.1) is 0 Å². The Kier molecular flexibility index (Phi) is 3.29. The Morgan fingerprint density at radius 1 is 1.33 bits per heavy atom. The monoisotopic (exact) mass is 164 g/mol. The van der Waals surface area contributed by atoms with Crippen LogP contribution in [0.5, 0.6) is 0 Å². The van der Waals surface area contributed by atoms with Crippen LogP contribution in [0.15, 0.2) is 29.4 Å². The number of nitrogens with zero attached hydrogens (tertiary/aromatic N) is 1. The smallest absolute Gasteiger partial charge is 0.0733 e.